The molecule has 2 unspecified atom stereocenters. The van der Waals surface area contributed by atoms with Gasteiger partial charge in [-0.15, -0.1) is 0 Å². The van der Waals surface area contributed by atoms with E-state index in [0.717, 1.165) is 28.6 Å². The largest absolute Gasteiger partial charge is 0.497 e. The molecule has 0 aliphatic heterocycles. The Balaban J connectivity index is 2.07. The Labute approximate surface area is 127 Å². The van der Waals surface area contributed by atoms with Crippen molar-refractivity contribution in [1.29, 1.82) is 0 Å². The van der Waals surface area contributed by atoms with E-state index < -0.39 is 0 Å². The molecule has 2 rings (SSSR count). The van der Waals surface area contributed by atoms with E-state index in [0.29, 0.717) is 18.0 Å². The summed E-state index contributed by atoms with van der Waals surface area (Å²) in [5, 5.41) is 3.11. The molecule has 4 nitrogen and oxygen atoms in total. The van der Waals surface area contributed by atoms with E-state index in [1.807, 2.05) is 18.2 Å². The smallest absolute Gasteiger partial charge is 0.252 e. The fourth-order valence-corrected chi connectivity index (χ4v) is 3.29. The summed E-state index contributed by atoms with van der Waals surface area (Å²) in [4.78, 5) is 12.3. The maximum absolute atomic E-state index is 12.3. The highest BCUT2D eigenvalue weighted by atomic mass is 127. The number of nitrogens with one attached hydrogen (secondary N) is 1. The van der Waals surface area contributed by atoms with Gasteiger partial charge in [0.15, 0.2) is 0 Å². The van der Waals surface area contributed by atoms with Crippen molar-refractivity contribution < 1.29 is 9.53 Å². The molecule has 5 heteroatoms. The molecule has 0 aromatic heterocycles. The zero-order chi connectivity index (χ0) is 13.8. The van der Waals surface area contributed by atoms with Crippen molar-refractivity contribution in [1.82, 2.24) is 5.32 Å². The average Bonchev–Trinajstić information content (AvgIpc) is 2.85. The van der Waals surface area contributed by atoms with Crippen LogP contribution in [0.4, 0.5) is 0 Å². The minimum atomic E-state index is -0.0163. The van der Waals surface area contributed by atoms with Crippen LogP contribution >= 0.6 is 22.6 Å². The molecule has 3 N–H and O–H groups in total. The fourth-order valence-electron chi connectivity index (χ4n) is 2.56. The Morgan fingerprint density at radius 3 is 2.95 bits per heavy atom. The van der Waals surface area contributed by atoms with Crippen LogP contribution in [0.5, 0.6) is 5.75 Å². The molecule has 0 heterocycles. The number of methoxy groups -OCH3 is 1. The van der Waals surface area contributed by atoms with Crippen LogP contribution in [0.3, 0.4) is 0 Å². The van der Waals surface area contributed by atoms with Crippen LogP contribution in [0, 0.1) is 9.49 Å². The van der Waals surface area contributed by atoms with Gasteiger partial charge in [0.2, 0.25) is 0 Å². The number of ether oxygens (including phenoxy) is 1. The molecule has 0 radical (unpaired) electrons. The Bertz CT molecular complexity index is 465. The van der Waals surface area contributed by atoms with E-state index in [2.05, 4.69) is 27.9 Å². The average molecular weight is 374 g/mol. The Morgan fingerprint density at radius 1 is 1.53 bits per heavy atom. The van der Waals surface area contributed by atoms with E-state index in [1.54, 1.807) is 7.11 Å². The third kappa shape index (κ3) is 3.39. The first kappa shape index (κ1) is 14.6. The van der Waals surface area contributed by atoms with E-state index in [1.165, 1.54) is 0 Å². The first-order valence-corrected chi connectivity index (χ1v) is 7.58. The third-order valence-corrected chi connectivity index (χ3v) is 4.59. The molecule has 1 aromatic carbocycles. The van der Waals surface area contributed by atoms with Gasteiger partial charge in [-0.2, -0.15) is 0 Å². The minimum absolute atomic E-state index is 0.0163. The molecular formula is C14H19IN2O2. The lowest BCUT2D eigenvalue weighted by Crippen LogP contribution is -2.40. The highest BCUT2D eigenvalue weighted by Crippen LogP contribution is 2.26. The van der Waals surface area contributed by atoms with E-state index in [9.17, 15) is 4.79 Å². The Morgan fingerprint density at radius 2 is 2.32 bits per heavy atom. The summed E-state index contributed by atoms with van der Waals surface area (Å²) in [5.74, 6) is 1.17. The van der Waals surface area contributed by atoms with Gasteiger partial charge in [0.1, 0.15) is 5.75 Å². The third-order valence-electron chi connectivity index (χ3n) is 3.70. The second kappa shape index (κ2) is 6.56. The lowest BCUT2D eigenvalue weighted by molar-refractivity contribution is 0.0928. The summed E-state index contributed by atoms with van der Waals surface area (Å²) in [5.41, 5.74) is 6.44. The highest BCUT2D eigenvalue weighted by molar-refractivity contribution is 14.1. The van der Waals surface area contributed by atoms with Gasteiger partial charge in [-0.05, 0) is 66.1 Å². The van der Waals surface area contributed by atoms with Gasteiger partial charge in [-0.1, -0.05) is 6.42 Å². The summed E-state index contributed by atoms with van der Waals surface area (Å²) in [6.45, 7) is 0.644. The van der Waals surface area contributed by atoms with Gasteiger partial charge in [0, 0.05) is 9.61 Å². The molecule has 0 spiro atoms. The molecule has 19 heavy (non-hydrogen) atoms. The Hall–Kier alpha value is -0.820. The van der Waals surface area contributed by atoms with Crippen molar-refractivity contribution in [3.8, 4) is 5.75 Å². The van der Waals surface area contributed by atoms with Crippen LogP contribution in [0.1, 0.15) is 29.6 Å². The van der Waals surface area contributed by atoms with Crippen LogP contribution in [0.25, 0.3) is 0 Å². The van der Waals surface area contributed by atoms with Crippen LogP contribution in [-0.4, -0.2) is 25.6 Å². The van der Waals surface area contributed by atoms with Crippen LogP contribution in [-0.2, 0) is 0 Å². The van der Waals surface area contributed by atoms with Crippen molar-refractivity contribution in [3.63, 3.8) is 0 Å². The zero-order valence-electron chi connectivity index (χ0n) is 11.0. The molecule has 1 aliphatic rings. The molecule has 2 atom stereocenters. The summed E-state index contributed by atoms with van der Waals surface area (Å²) >= 11 is 2.16. The number of amides is 1. The summed E-state index contributed by atoms with van der Waals surface area (Å²) in [7, 11) is 1.62. The van der Waals surface area contributed by atoms with Crippen molar-refractivity contribution in [2.75, 3.05) is 13.7 Å². The lowest BCUT2D eigenvalue weighted by Gasteiger charge is -2.20. The summed E-state index contributed by atoms with van der Waals surface area (Å²) in [6.07, 6.45) is 3.29. The van der Waals surface area contributed by atoms with E-state index >= 15 is 0 Å². The monoisotopic (exact) mass is 374 g/mol. The second-order valence-corrected chi connectivity index (χ2v) is 6.01. The predicted molar refractivity (Wildman–Crippen MR) is 83.4 cm³/mol. The molecule has 1 aliphatic carbocycles. The number of hydrogen-bond acceptors (Lipinski definition) is 3. The number of halogens is 1. The van der Waals surface area contributed by atoms with Gasteiger partial charge >= 0.3 is 0 Å². The molecule has 0 saturated heterocycles. The molecule has 1 amide bonds. The molecular weight excluding hydrogens is 355 g/mol. The minimum Gasteiger partial charge on any atom is -0.497 e. The van der Waals surface area contributed by atoms with Crippen molar-refractivity contribution in [3.05, 3.63) is 27.3 Å². The standard InChI is InChI=1S/C14H19IN2O2/c1-19-10-5-6-11(12(15)7-10)14(18)17-13-4-2-3-9(13)8-16/h5-7,9,13H,2-4,8,16H2,1H3,(H,17,18). The van der Waals surface area contributed by atoms with Gasteiger partial charge in [0.05, 0.1) is 12.7 Å². The van der Waals surface area contributed by atoms with Crippen LogP contribution in [0.2, 0.25) is 0 Å². The molecule has 104 valence electrons. The van der Waals surface area contributed by atoms with Crippen molar-refractivity contribution in [2.24, 2.45) is 11.7 Å². The number of carbonyl (C=O) groups is 1. The lowest BCUT2D eigenvalue weighted by atomic mass is 10.0. The Kier molecular flexibility index (Phi) is 5.04. The highest BCUT2D eigenvalue weighted by Gasteiger charge is 2.28. The van der Waals surface area contributed by atoms with Gasteiger partial charge in [-0.3, -0.25) is 4.79 Å². The first-order chi connectivity index (χ1) is 9.15. The predicted octanol–water partition coefficient (Wildman–Crippen LogP) is 2.16. The second-order valence-electron chi connectivity index (χ2n) is 4.85. The van der Waals surface area contributed by atoms with Crippen LogP contribution in [0.15, 0.2) is 18.2 Å². The van der Waals surface area contributed by atoms with Crippen LogP contribution < -0.4 is 15.8 Å². The molecule has 1 fully saturated rings. The normalized spacial score (nSPS) is 22.3. The SMILES string of the molecule is COc1ccc(C(=O)NC2CCCC2CN)c(I)c1. The first-order valence-electron chi connectivity index (χ1n) is 6.50. The quantitative estimate of drug-likeness (QED) is 0.794. The molecule has 1 aromatic rings. The zero-order valence-corrected chi connectivity index (χ0v) is 13.1. The fraction of sp³-hybridized carbons (Fsp3) is 0.500. The number of nitrogens with two attached hydrogens (primary N) is 1. The van der Waals surface area contributed by atoms with E-state index in [4.69, 9.17) is 10.5 Å². The summed E-state index contributed by atoms with van der Waals surface area (Å²) < 4.78 is 6.04. The topological polar surface area (TPSA) is 64.3 Å². The van der Waals surface area contributed by atoms with Crippen molar-refractivity contribution >= 4 is 28.5 Å². The number of rotatable bonds is 4. The number of benzene rings is 1. The van der Waals surface area contributed by atoms with Gasteiger partial charge in [0.25, 0.3) is 5.91 Å². The summed E-state index contributed by atoms with van der Waals surface area (Å²) in [6, 6.07) is 5.70. The molecule has 0 bridgehead atoms. The number of carbonyl (C=O) groups excluding carboxylic acids is 1. The maximum atomic E-state index is 12.3. The van der Waals surface area contributed by atoms with Crippen molar-refractivity contribution in [2.45, 2.75) is 25.3 Å². The maximum Gasteiger partial charge on any atom is 0.252 e. The van der Waals surface area contributed by atoms with Gasteiger partial charge in [-0.25, -0.2) is 0 Å². The molecule has 1 saturated carbocycles. The van der Waals surface area contributed by atoms with E-state index in [-0.39, 0.29) is 11.9 Å². The van der Waals surface area contributed by atoms with Gasteiger partial charge < -0.3 is 15.8 Å². The number of hydrogen-bond donors (Lipinski definition) is 2.